The van der Waals surface area contributed by atoms with E-state index < -0.39 is 5.97 Å². The Balaban J connectivity index is 3.02. The van der Waals surface area contributed by atoms with Crippen molar-refractivity contribution in [3.63, 3.8) is 0 Å². The summed E-state index contributed by atoms with van der Waals surface area (Å²) in [6.45, 7) is 3.68. The molecule has 0 aromatic carbocycles. The smallest absolute Gasteiger partial charge is 0.313 e. The lowest BCUT2D eigenvalue weighted by molar-refractivity contribution is -0.141. The van der Waals surface area contributed by atoms with Crippen molar-refractivity contribution in [1.29, 1.82) is 5.26 Å². The molecule has 0 fully saturated rings. The average Bonchev–Trinajstić information content (AvgIpc) is 2.65. The first-order chi connectivity index (χ1) is 8.54. The molecule has 1 heterocycles. The molecule has 96 valence electrons. The van der Waals surface area contributed by atoms with Crippen LogP contribution in [0.1, 0.15) is 34.1 Å². The van der Waals surface area contributed by atoms with Crippen LogP contribution in [-0.2, 0) is 9.53 Å². The van der Waals surface area contributed by atoms with Crippen molar-refractivity contribution in [3.05, 3.63) is 16.0 Å². The number of rotatable bonds is 5. The zero-order valence-electron chi connectivity index (χ0n) is 10.4. The lowest BCUT2D eigenvalue weighted by Crippen LogP contribution is -2.12. The summed E-state index contributed by atoms with van der Waals surface area (Å²) in [6.07, 6.45) is 1.57. The van der Waals surface area contributed by atoms with E-state index in [9.17, 15) is 9.59 Å². The highest BCUT2D eigenvalue weighted by Gasteiger charge is 2.22. The van der Waals surface area contributed by atoms with Gasteiger partial charge in [-0.3, -0.25) is 9.59 Å². The zero-order chi connectivity index (χ0) is 13.7. The van der Waals surface area contributed by atoms with Gasteiger partial charge in [0, 0.05) is 5.56 Å². The predicted octanol–water partition coefficient (Wildman–Crippen LogP) is 2.79. The molecule has 0 atom stereocenters. The second-order valence-electron chi connectivity index (χ2n) is 3.44. The number of nitrogens with zero attached hydrogens (tertiary/aromatic N) is 1. The maximum atomic E-state index is 12.0. The number of esters is 1. The molecule has 0 aliphatic carbocycles. The Morgan fingerprint density at radius 3 is 2.67 bits per heavy atom. The number of hydrogen-bond acceptors (Lipinski definition) is 6. The Hall–Kier alpha value is -1.32. The summed E-state index contributed by atoms with van der Waals surface area (Å²) in [5, 5.41) is 8.95. The van der Waals surface area contributed by atoms with Crippen LogP contribution in [0.2, 0.25) is 0 Å². The molecule has 0 spiro atoms. The van der Waals surface area contributed by atoms with Gasteiger partial charge in [0.1, 0.15) is 17.4 Å². The van der Waals surface area contributed by atoms with Crippen LogP contribution in [-0.4, -0.2) is 24.6 Å². The molecule has 18 heavy (non-hydrogen) atoms. The fourth-order valence-corrected chi connectivity index (χ4v) is 3.40. The Bertz CT molecular complexity index is 514. The average molecular weight is 283 g/mol. The van der Waals surface area contributed by atoms with Gasteiger partial charge in [-0.1, -0.05) is 0 Å². The van der Waals surface area contributed by atoms with E-state index >= 15 is 0 Å². The van der Waals surface area contributed by atoms with Crippen molar-refractivity contribution in [3.8, 4) is 6.07 Å². The minimum Gasteiger partial charge on any atom is -0.466 e. The first kappa shape index (κ1) is 14.7. The molecule has 4 nitrogen and oxygen atoms in total. The lowest BCUT2D eigenvalue weighted by Gasteiger charge is -2.03. The van der Waals surface area contributed by atoms with Gasteiger partial charge < -0.3 is 4.74 Å². The first-order valence-electron chi connectivity index (χ1n) is 5.31. The topological polar surface area (TPSA) is 67.2 Å². The van der Waals surface area contributed by atoms with Gasteiger partial charge in [0.15, 0.2) is 5.78 Å². The van der Waals surface area contributed by atoms with Gasteiger partial charge in [0.05, 0.1) is 10.8 Å². The lowest BCUT2D eigenvalue weighted by atomic mass is 10.1. The molecule has 1 aromatic heterocycles. The maximum Gasteiger partial charge on any atom is 0.313 e. The molecule has 0 aliphatic rings. The Morgan fingerprint density at radius 2 is 2.17 bits per heavy atom. The molecule has 1 rings (SSSR count). The van der Waals surface area contributed by atoms with Crippen LogP contribution in [0.25, 0.3) is 0 Å². The van der Waals surface area contributed by atoms with Gasteiger partial charge in [-0.15, -0.1) is 23.1 Å². The monoisotopic (exact) mass is 283 g/mol. The number of Topliss-reactive ketones (excluding diaryl/α,β-unsaturated/α-hetero) is 1. The fraction of sp³-hybridized carbons (Fsp3) is 0.417. The van der Waals surface area contributed by atoms with Crippen LogP contribution >= 0.6 is 23.1 Å². The normalized spacial score (nSPS) is 9.89. The van der Waals surface area contributed by atoms with Gasteiger partial charge in [-0.2, -0.15) is 5.26 Å². The van der Waals surface area contributed by atoms with Gasteiger partial charge in [0.2, 0.25) is 0 Å². The third-order valence-electron chi connectivity index (χ3n) is 2.29. The molecule has 0 amide bonds. The van der Waals surface area contributed by atoms with E-state index in [1.807, 2.05) is 6.26 Å². The van der Waals surface area contributed by atoms with Crippen molar-refractivity contribution in [1.82, 2.24) is 0 Å². The second kappa shape index (κ2) is 6.57. The van der Waals surface area contributed by atoms with Crippen LogP contribution < -0.4 is 0 Å². The second-order valence-corrected chi connectivity index (χ2v) is 5.54. The SMILES string of the molecule is CCOC(=O)CC(=O)c1c(SC)sc(C#N)c1C. The van der Waals surface area contributed by atoms with Gasteiger partial charge in [-0.05, 0) is 25.7 Å². The maximum absolute atomic E-state index is 12.0. The van der Waals surface area contributed by atoms with E-state index in [-0.39, 0.29) is 18.8 Å². The number of carbonyl (C=O) groups is 2. The van der Waals surface area contributed by atoms with Crippen LogP contribution in [0.3, 0.4) is 0 Å². The molecule has 0 saturated heterocycles. The largest absolute Gasteiger partial charge is 0.466 e. The highest BCUT2D eigenvalue weighted by Crippen LogP contribution is 2.35. The molecular formula is C12H13NO3S2. The van der Waals surface area contributed by atoms with E-state index in [2.05, 4.69) is 6.07 Å². The number of hydrogen-bond donors (Lipinski definition) is 0. The Morgan fingerprint density at radius 1 is 1.50 bits per heavy atom. The molecule has 0 N–H and O–H groups in total. The molecule has 0 aliphatic heterocycles. The van der Waals surface area contributed by atoms with Crippen molar-refractivity contribution < 1.29 is 14.3 Å². The molecule has 6 heteroatoms. The Labute approximate surface area is 114 Å². The summed E-state index contributed by atoms with van der Waals surface area (Å²) in [6, 6.07) is 2.06. The van der Waals surface area contributed by atoms with Crippen LogP contribution in [0.15, 0.2) is 4.21 Å². The third kappa shape index (κ3) is 3.12. The number of thioether (sulfide) groups is 1. The van der Waals surface area contributed by atoms with Crippen molar-refractivity contribution >= 4 is 34.9 Å². The molecule has 0 radical (unpaired) electrons. The summed E-state index contributed by atoms with van der Waals surface area (Å²) < 4.78 is 5.53. The number of ketones is 1. The van der Waals surface area contributed by atoms with E-state index in [0.717, 1.165) is 4.21 Å². The minimum absolute atomic E-state index is 0.258. The molecular weight excluding hydrogens is 270 g/mol. The van der Waals surface area contributed by atoms with Crippen LogP contribution in [0.4, 0.5) is 0 Å². The van der Waals surface area contributed by atoms with E-state index in [1.54, 1.807) is 13.8 Å². The summed E-state index contributed by atoms with van der Waals surface area (Å²) >= 11 is 2.69. The third-order valence-corrected chi connectivity index (χ3v) is 4.61. The van der Waals surface area contributed by atoms with Gasteiger partial charge >= 0.3 is 5.97 Å². The quantitative estimate of drug-likeness (QED) is 0.360. The van der Waals surface area contributed by atoms with Crippen molar-refractivity contribution in [2.75, 3.05) is 12.9 Å². The highest BCUT2D eigenvalue weighted by molar-refractivity contribution is 8.00. The number of ether oxygens (including phenoxy) is 1. The number of nitriles is 1. The van der Waals surface area contributed by atoms with Gasteiger partial charge in [0.25, 0.3) is 0 Å². The number of carbonyl (C=O) groups excluding carboxylic acids is 2. The standard InChI is InChI=1S/C12H13NO3S2/c1-4-16-10(15)5-8(14)11-7(2)9(6-13)18-12(11)17-3/h4-5H2,1-3H3. The van der Waals surface area contributed by atoms with Crippen LogP contribution in [0, 0.1) is 18.3 Å². The first-order valence-corrected chi connectivity index (χ1v) is 7.35. The van der Waals surface area contributed by atoms with E-state index in [1.165, 1.54) is 23.1 Å². The summed E-state index contributed by atoms with van der Waals surface area (Å²) in [7, 11) is 0. The van der Waals surface area contributed by atoms with Crippen LogP contribution in [0.5, 0.6) is 0 Å². The predicted molar refractivity (Wildman–Crippen MR) is 71.1 cm³/mol. The van der Waals surface area contributed by atoms with Crippen molar-refractivity contribution in [2.45, 2.75) is 24.5 Å². The highest BCUT2D eigenvalue weighted by atomic mass is 32.2. The minimum atomic E-state index is -0.529. The van der Waals surface area contributed by atoms with Gasteiger partial charge in [-0.25, -0.2) is 0 Å². The van der Waals surface area contributed by atoms with E-state index in [0.29, 0.717) is 16.0 Å². The van der Waals surface area contributed by atoms with Crippen molar-refractivity contribution in [2.24, 2.45) is 0 Å². The molecule has 0 saturated carbocycles. The Kier molecular flexibility index (Phi) is 5.38. The zero-order valence-corrected chi connectivity index (χ0v) is 12.0. The molecule has 0 bridgehead atoms. The summed E-state index contributed by atoms with van der Waals surface area (Å²) in [5.41, 5.74) is 1.14. The summed E-state index contributed by atoms with van der Waals surface area (Å²) in [4.78, 5) is 23.9. The van der Waals surface area contributed by atoms with E-state index in [4.69, 9.17) is 10.00 Å². The fourth-order valence-electron chi connectivity index (χ4n) is 1.49. The molecule has 0 unspecified atom stereocenters. The molecule has 1 aromatic rings. The summed E-state index contributed by atoms with van der Waals surface area (Å²) in [5.74, 6) is -0.813. The number of thiophene rings is 1.